The normalized spacial score (nSPS) is 17.8. The fourth-order valence-corrected chi connectivity index (χ4v) is 2.83. The van der Waals surface area contributed by atoms with Crippen molar-refractivity contribution >= 4 is 21.6 Å². The smallest absolute Gasteiger partial charge is 0.280 e. The number of hydrogen-bond donors (Lipinski definition) is 2. The third kappa shape index (κ3) is 2.56. The third-order valence-electron chi connectivity index (χ3n) is 3.50. The van der Waals surface area contributed by atoms with E-state index in [1.807, 2.05) is 0 Å². The summed E-state index contributed by atoms with van der Waals surface area (Å²) in [4.78, 5) is 11.5. The van der Waals surface area contributed by atoms with Crippen LogP contribution >= 0.6 is 15.9 Å². The number of rotatable bonds is 2. The highest BCUT2D eigenvalue weighted by Gasteiger charge is 2.19. The second-order valence-electron chi connectivity index (χ2n) is 4.78. The van der Waals surface area contributed by atoms with Gasteiger partial charge >= 0.3 is 0 Å². The SMILES string of the molecule is O=c1[nH]ncc(NC2CCc3ccccc3C2)c1Br. The van der Waals surface area contributed by atoms with Crippen molar-refractivity contribution in [2.24, 2.45) is 0 Å². The number of aryl methyl sites for hydroxylation is 1. The quantitative estimate of drug-likeness (QED) is 0.894. The number of nitrogens with one attached hydrogen (secondary N) is 2. The molecule has 2 aromatic rings. The zero-order valence-electron chi connectivity index (χ0n) is 10.3. The van der Waals surface area contributed by atoms with E-state index in [2.05, 4.69) is 55.7 Å². The predicted octanol–water partition coefficient (Wildman–Crippen LogP) is 2.50. The molecule has 0 bridgehead atoms. The number of aromatic amines is 1. The summed E-state index contributed by atoms with van der Waals surface area (Å²) < 4.78 is 0.515. The number of H-pyrrole nitrogens is 1. The van der Waals surface area contributed by atoms with Crippen LogP contribution in [0.15, 0.2) is 39.7 Å². The van der Waals surface area contributed by atoms with Crippen LogP contribution < -0.4 is 10.9 Å². The van der Waals surface area contributed by atoms with Crippen LogP contribution in [0, 0.1) is 0 Å². The second kappa shape index (κ2) is 5.17. The lowest BCUT2D eigenvalue weighted by Gasteiger charge is -2.26. The molecule has 0 saturated carbocycles. The average molecular weight is 320 g/mol. The van der Waals surface area contributed by atoms with Gasteiger partial charge in [0.1, 0.15) is 4.47 Å². The summed E-state index contributed by atoms with van der Waals surface area (Å²) in [7, 11) is 0. The molecular weight excluding hydrogens is 306 g/mol. The van der Waals surface area contributed by atoms with Crippen molar-refractivity contribution in [1.82, 2.24) is 10.2 Å². The number of nitrogens with zero attached hydrogens (tertiary/aromatic N) is 1. The van der Waals surface area contributed by atoms with Gasteiger partial charge in [-0.25, -0.2) is 5.10 Å². The highest BCUT2D eigenvalue weighted by Crippen LogP contribution is 2.25. The van der Waals surface area contributed by atoms with Gasteiger partial charge in [0.15, 0.2) is 0 Å². The molecule has 4 nitrogen and oxygen atoms in total. The molecule has 0 aliphatic heterocycles. The van der Waals surface area contributed by atoms with Gasteiger partial charge < -0.3 is 5.32 Å². The molecule has 19 heavy (non-hydrogen) atoms. The van der Waals surface area contributed by atoms with Gasteiger partial charge in [-0.1, -0.05) is 24.3 Å². The molecule has 1 aliphatic rings. The summed E-state index contributed by atoms with van der Waals surface area (Å²) in [5.41, 5.74) is 3.37. The zero-order chi connectivity index (χ0) is 13.2. The molecular formula is C14H14BrN3O. The van der Waals surface area contributed by atoms with Crippen LogP contribution in [0.2, 0.25) is 0 Å². The number of benzene rings is 1. The van der Waals surface area contributed by atoms with Gasteiger partial charge in [-0.3, -0.25) is 4.79 Å². The van der Waals surface area contributed by atoms with Crippen LogP contribution in [0.5, 0.6) is 0 Å². The molecule has 5 heteroatoms. The van der Waals surface area contributed by atoms with Crippen LogP contribution in [0.1, 0.15) is 17.5 Å². The Morgan fingerprint density at radius 2 is 2.11 bits per heavy atom. The van der Waals surface area contributed by atoms with Crippen LogP contribution in [0.25, 0.3) is 0 Å². The number of aromatic nitrogens is 2. The molecule has 0 radical (unpaired) electrons. The van der Waals surface area contributed by atoms with Gasteiger partial charge in [-0.2, -0.15) is 5.10 Å². The van der Waals surface area contributed by atoms with Crippen molar-refractivity contribution in [3.05, 3.63) is 56.4 Å². The van der Waals surface area contributed by atoms with E-state index in [9.17, 15) is 4.79 Å². The first-order chi connectivity index (χ1) is 9.24. The Labute approximate surface area is 119 Å². The topological polar surface area (TPSA) is 57.8 Å². The molecule has 1 atom stereocenters. The molecule has 1 aliphatic carbocycles. The first kappa shape index (κ1) is 12.4. The van der Waals surface area contributed by atoms with Gasteiger partial charge in [-0.15, -0.1) is 0 Å². The Hall–Kier alpha value is -1.62. The lowest BCUT2D eigenvalue weighted by molar-refractivity contribution is 0.610. The Balaban J connectivity index is 1.79. The average Bonchev–Trinajstić information content (AvgIpc) is 2.44. The van der Waals surface area contributed by atoms with Crippen LogP contribution in [0.3, 0.4) is 0 Å². The highest BCUT2D eigenvalue weighted by molar-refractivity contribution is 9.10. The molecule has 0 spiro atoms. The fraction of sp³-hybridized carbons (Fsp3) is 0.286. The molecule has 0 amide bonds. The maximum absolute atomic E-state index is 11.5. The Morgan fingerprint density at radius 3 is 2.95 bits per heavy atom. The van der Waals surface area contributed by atoms with Crippen molar-refractivity contribution < 1.29 is 0 Å². The molecule has 3 rings (SSSR count). The molecule has 1 aromatic heterocycles. The molecule has 1 unspecified atom stereocenters. The van der Waals surface area contributed by atoms with E-state index in [0.717, 1.165) is 24.9 Å². The summed E-state index contributed by atoms with van der Waals surface area (Å²) in [5.74, 6) is 0. The minimum absolute atomic E-state index is 0.207. The molecule has 0 saturated heterocycles. The van der Waals surface area contributed by atoms with Gasteiger partial charge in [0.25, 0.3) is 5.56 Å². The van der Waals surface area contributed by atoms with E-state index in [1.54, 1.807) is 6.20 Å². The van der Waals surface area contributed by atoms with Crippen LogP contribution in [-0.2, 0) is 12.8 Å². The van der Waals surface area contributed by atoms with Gasteiger partial charge in [0.2, 0.25) is 0 Å². The summed E-state index contributed by atoms with van der Waals surface area (Å²) >= 11 is 3.29. The summed E-state index contributed by atoms with van der Waals surface area (Å²) in [6, 6.07) is 8.87. The van der Waals surface area contributed by atoms with E-state index >= 15 is 0 Å². The number of fused-ring (bicyclic) bond motifs is 1. The summed E-state index contributed by atoms with van der Waals surface area (Å²) in [6.07, 6.45) is 4.76. The number of anilines is 1. The van der Waals surface area contributed by atoms with Crippen LogP contribution in [0.4, 0.5) is 5.69 Å². The van der Waals surface area contributed by atoms with Gasteiger partial charge in [-0.05, 0) is 46.3 Å². The first-order valence-electron chi connectivity index (χ1n) is 6.30. The Bertz CT molecular complexity index is 653. The van der Waals surface area contributed by atoms with E-state index in [-0.39, 0.29) is 5.56 Å². The zero-order valence-corrected chi connectivity index (χ0v) is 11.9. The largest absolute Gasteiger partial charge is 0.380 e. The molecule has 1 aromatic carbocycles. The van der Waals surface area contributed by atoms with E-state index in [1.165, 1.54) is 11.1 Å². The first-order valence-corrected chi connectivity index (χ1v) is 7.10. The summed E-state index contributed by atoms with van der Waals surface area (Å²) in [5, 5.41) is 9.63. The Morgan fingerprint density at radius 1 is 1.32 bits per heavy atom. The van der Waals surface area contributed by atoms with E-state index in [4.69, 9.17) is 0 Å². The second-order valence-corrected chi connectivity index (χ2v) is 5.57. The van der Waals surface area contributed by atoms with Crippen molar-refractivity contribution in [3.63, 3.8) is 0 Å². The third-order valence-corrected chi connectivity index (χ3v) is 4.29. The maximum Gasteiger partial charge on any atom is 0.280 e. The predicted molar refractivity (Wildman–Crippen MR) is 78.4 cm³/mol. The van der Waals surface area contributed by atoms with Crippen molar-refractivity contribution in [2.75, 3.05) is 5.32 Å². The van der Waals surface area contributed by atoms with E-state index in [0.29, 0.717) is 10.5 Å². The van der Waals surface area contributed by atoms with E-state index < -0.39 is 0 Å². The molecule has 0 fully saturated rings. The summed E-state index contributed by atoms with van der Waals surface area (Å²) in [6.45, 7) is 0. The standard InChI is InChI=1S/C14H14BrN3O/c15-13-12(8-16-18-14(13)19)17-11-6-5-9-3-1-2-4-10(9)7-11/h1-4,8,11H,5-7H2,(H2,17,18,19). The minimum Gasteiger partial charge on any atom is -0.380 e. The van der Waals surface area contributed by atoms with Crippen molar-refractivity contribution in [2.45, 2.75) is 25.3 Å². The Kier molecular flexibility index (Phi) is 3.38. The lowest BCUT2D eigenvalue weighted by atomic mass is 9.88. The highest BCUT2D eigenvalue weighted by atomic mass is 79.9. The van der Waals surface area contributed by atoms with Crippen molar-refractivity contribution in [1.29, 1.82) is 0 Å². The monoisotopic (exact) mass is 319 g/mol. The number of halogens is 1. The fourth-order valence-electron chi connectivity index (χ4n) is 2.53. The van der Waals surface area contributed by atoms with Crippen molar-refractivity contribution in [3.8, 4) is 0 Å². The molecule has 98 valence electrons. The maximum atomic E-state index is 11.5. The minimum atomic E-state index is -0.207. The van der Waals surface area contributed by atoms with Gasteiger partial charge in [0.05, 0.1) is 11.9 Å². The van der Waals surface area contributed by atoms with Crippen LogP contribution in [-0.4, -0.2) is 16.2 Å². The molecule has 2 N–H and O–H groups in total. The van der Waals surface area contributed by atoms with Gasteiger partial charge in [0, 0.05) is 6.04 Å². The molecule has 1 heterocycles. The number of hydrogen-bond acceptors (Lipinski definition) is 3. The lowest BCUT2D eigenvalue weighted by Crippen LogP contribution is -2.28.